The molecule has 0 amide bonds. The smallest absolute Gasteiger partial charge is 0.115 e. The highest BCUT2D eigenvalue weighted by atomic mass is 35.5. The molecule has 2 saturated heterocycles. The monoisotopic (exact) mass is 1340 g/mol. The summed E-state index contributed by atoms with van der Waals surface area (Å²) >= 11 is 5.50. The number of ether oxygens (including phenoxy) is 2. The Hall–Kier alpha value is -1.97. The molecule has 24 nitrogen and oxygen atoms in total. The van der Waals surface area contributed by atoms with Crippen molar-refractivity contribution >= 4 is 11.6 Å². The molecule has 25 heteroatoms. The summed E-state index contributed by atoms with van der Waals surface area (Å²) in [4.78, 5) is 0. The first-order chi connectivity index (χ1) is 43.5. The lowest BCUT2D eigenvalue weighted by Crippen LogP contribution is -2.61. The molecule has 2 rings (SSSR count). The van der Waals surface area contributed by atoms with Crippen molar-refractivity contribution < 1.29 is 122 Å². The average Bonchev–Trinajstić information content (AvgIpc) is 0.872. The summed E-state index contributed by atoms with van der Waals surface area (Å²) in [5, 5.41) is 235. The largest absolute Gasteiger partial charge is 0.394 e. The highest BCUT2D eigenvalue weighted by molar-refractivity contribution is 6.25. The van der Waals surface area contributed by atoms with Crippen LogP contribution in [-0.2, 0) is 9.47 Å². The third-order valence-corrected chi connectivity index (χ3v) is 18.6. The fraction of sp³-hybridized carbons (Fsp3) is 0.851. The summed E-state index contributed by atoms with van der Waals surface area (Å²) in [6.07, 6.45) is -13.8. The molecule has 2 aliphatic rings. The molecule has 540 valence electrons. The Morgan fingerprint density at radius 3 is 1.72 bits per heavy atom. The van der Waals surface area contributed by atoms with Gasteiger partial charge in [-0.05, 0) is 139 Å². The summed E-state index contributed by atoms with van der Waals surface area (Å²) in [5.74, 6) is -1.79. The molecule has 2 heterocycles. The van der Waals surface area contributed by atoms with Gasteiger partial charge in [0.15, 0.2) is 0 Å². The molecule has 0 unspecified atom stereocenters. The Bertz CT molecular complexity index is 2030. The van der Waals surface area contributed by atoms with Crippen LogP contribution in [0.1, 0.15) is 181 Å². The number of allylic oxidation sites excluding steroid dienone is 4. The maximum absolute atomic E-state index is 11.2. The first-order valence-corrected chi connectivity index (χ1v) is 34.1. The second kappa shape index (κ2) is 47.1. The predicted octanol–water partition coefficient (Wildman–Crippen LogP) is 0.731. The van der Waals surface area contributed by atoms with Gasteiger partial charge in [-0.1, -0.05) is 114 Å². The zero-order valence-electron chi connectivity index (χ0n) is 54.4. The molecule has 0 saturated carbocycles. The fourth-order valence-corrected chi connectivity index (χ4v) is 12.1. The number of aliphatic hydroxyl groups excluding tert-OH is 22. The van der Waals surface area contributed by atoms with E-state index < -0.39 is 177 Å². The van der Waals surface area contributed by atoms with Crippen LogP contribution in [0.3, 0.4) is 0 Å². The van der Waals surface area contributed by atoms with E-state index in [0.29, 0.717) is 44.9 Å². The lowest BCUT2D eigenvalue weighted by Gasteiger charge is -2.43. The summed E-state index contributed by atoms with van der Waals surface area (Å²) in [7, 11) is 0. The lowest BCUT2D eigenvalue weighted by atomic mass is 9.85. The van der Waals surface area contributed by atoms with Crippen LogP contribution >= 0.6 is 11.6 Å². The molecule has 0 bridgehead atoms. The Kier molecular flexibility index (Phi) is 44.1. The van der Waals surface area contributed by atoms with Gasteiger partial charge in [0.2, 0.25) is 0 Å². The molecule has 22 N–H and O–H groups in total. The van der Waals surface area contributed by atoms with E-state index in [1.807, 2.05) is 6.08 Å². The predicted molar refractivity (Wildman–Crippen MR) is 345 cm³/mol. The minimum atomic E-state index is -1.87. The van der Waals surface area contributed by atoms with Crippen LogP contribution in [0.5, 0.6) is 0 Å². The molecule has 2 aliphatic heterocycles. The average molecular weight is 1350 g/mol. The molecule has 92 heavy (non-hydrogen) atoms. The van der Waals surface area contributed by atoms with Gasteiger partial charge in [0.05, 0.1) is 92.1 Å². The van der Waals surface area contributed by atoms with Crippen LogP contribution in [0.25, 0.3) is 0 Å². The van der Waals surface area contributed by atoms with Gasteiger partial charge in [-0.2, -0.15) is 0 Å². The number of hydrogen-bond acceptors (Lipinski definition) is 24. The number of aliphatic hydroxyl groups is 22. The molecular formula is C67H121ClO24. The van der Waals surface area contributed by atoms with Crippen molar-refractivity contribution in [3.8, 4) is 0 Å². The van der Waals surface area contributed by atoms with Crippen LogP contribution < -0.4 is 0 Å². The first-order valence-electron chi connectivity index (χ1n) is 33.6. The summed E-state index contributed by atoms with van der Waals surface area (Å²) in [6, 6.07) is 0. The fourth-order valence-electron chi connectivity index (χ4n) is 12.0. The summed E-state index contributed by atoms with van der Waals surface area (Å²) < 4.78 is 11.6. The van der Waals surface area contributed by atoms with Crippen LogP contribution in [0, 0.1) is 17.8 Å². The van der Waals surface area contributed by atoms with E-state index in [0.717, 1.165) is 44.9 Å². The van der Waals surface area contributed by atoms with Gasteiger partial charge in [0.1, 0.15) is 67.1 Å². The van der Waals surface area contributed by atoms with Crippen molar-refractivity contribution in [1.82, 2.24) is 0 Å². The van der Waals surface area contributed by atoms with Gasteiger partial charge in [0.25, 0.3) is 0 Å². The van der Waals surface area contributed by atoms with E-state index in [4.69, 9.17) is 26.2 Å². The maximum atomic E-state index is 11.2. The van der Waals surface area contributed by atoms with Crippen molar-refractivity contribution in [2.75, 3.05) is 6.61 Å². The molecule has 28 atom stereocenters. The van der Waals surface area contributed by atoms with Gasteiger partial charge >= 0.3 is 0 Å². The highest BCUT2D eigenvalue weighted by Gasteiger charge is 2.49. The second-order valence-electron chi connectivity index (χ2n) is 26.4. The van der Waals surface area contributed by atoms with E-state index in [1.165, 1.54) is 11.6 Å². The van der Waals surface area contributed by atoms with Crippen molar-refractivity contribution in [1.29, 1.82) is 0 Å². The number of halogens is 1. The Morgan fingerprint density at radius 2 is 1.08 bits per heavy atom. The van der Waals surface area contributed by atoms with Gasteiger partial charge in [0, 0.05) is 18.4 Å². The van der Waals surface area contributed by atoms with E-state index in [2.05, 4.69) is 12.7 Å². The topological polar surface area (TPSA) is 464 Å². The standard InChI is InChI=1S/C67H121ClO24/c1-39(21-17-29-47(74)59(84)57(82)40(2)30-32-49(76)56(81)42(4)35-45(72)26-19-24-43(70)22-18-23-44(71)25-20-27-46(73)38-69)55(80)51(78)36-54-63(88)64(89)65(90)66(91-54)50(77)33-31-41(3)58(83)62(87)53-37-52(79)61(86)67(92-53)60(85)48(75)28-15-13-11-9-7-5-6-8-10-12-14-16-34-68/h12,14-16,20,25,28,34,39-40,42-67,69-90H,3,5-11,13,17-19,21-24,26-27,29-33,35-38H2,1-2,4H3/b14-12+,25-20+,28-15+,34-16+/t39-,40+,42-,43+,44-,45+,46-,47-,48-,49-,50+,51-,52+,53+,54-,55-,56-,57-,58+,59+,60-,61+,62-,63-,64-,65+,66-,67-/m1/s1. The normalized spacial score (nSPS) is 28.2. The third-order valence-electron chi connectivity index (χ3n) is 18.4. The number of unbranched alkanes of at least 4 members (excludes halogenated alkanes) is 7. The molecule has 0 aliphatic carbocycles. The van der Waals surface area contributed by atoms with Crippen molar-refractivity contribution in [3.63, 3.8) is 0 Å². The molecular weight excluding hydrogens is 1220 g/mol. The lowest BCUT2D eigenvalue weighted by molar-refractivity contribution is -0.250. The van der Waals surface area contributed by atoms with Gasteiger partial charge in [-0.3, -0.25) is 0 Å². The summed E-state index contributed by atoms with van der Waals surface area (Å²) in [5.41, 5.74) is 1.41. The third kappa shape index (κ3) is 31.7. The van der Waals surface area contributed by atoms with Gasteiger partial charge in [-0.25, -0.2) is 0 Å². The van der Waals surface area contributed by atoms with Crippen LogP contribution in [0.15, 0.2) is 60.2 Å². The minimum absolute atomic E-state index is 0.0254. The van der Waals surface area contributed by atoms with Crippen molar-refractivity contribution in [3.05, 3.63) is 60.2 Å². The molecule has 0 aromatic carbocycles. The number of rotatable bonds is 50. The highest BCUT2D eigenvalue weighted by Crippen LogP contribution is 2.33. The van der Waals surface area contributed by atoms with Gasteiger partial charge in [-0.15, -0.1) is 0 Å². The maximum Gasteiger partial charge on any atom is 0.115 e. The van der Waals surface area contributed by atoms with Gasteiger partial charge < -0.3 is 122 Å². The second-order valence-corrected chi connectivity index (χ2v) is 26.7. The number of hydrogen-bond donors (Lipinski definition) is 22. The molecule has 0 aromatic heterocycles. The zero-order chi connectivity index (χ0) is 69.2. The van der Waals surface area contributed by atoms with E-state index >= 15 is 0 Å². The van der Waals surface area contributed by atoms with Crippen molar-refractivity contribution in [2.45, 2.75) is 334 Å². The van der Waals surface area contributed by atoms with Crippen LogP contribution in [0.4, 0.5) is 0 Å². The Labute approximate surface area is 549 Å². The van der Waals surface area contributed by atoms with Crippen molar-refractivity contribution in [2.24, 2.45) is 17.8 Å². The molecule has 2 fully saturated rings. The minimum Gasteiger partial charge on any atom is -0.394 e. The molecule has 0 radical (unpaired) electrons. The SMILES string of the molecule is C=C(CC[C@H](O)[C@H]1O[C@H](C[C@@H](O)[C@H](O)[C@H](C)CCC[C@@H](O)[C@H](O)[C@H](O)[C@@H](C)CC[C@@H](O)[C@H](O)[C@H](C)C[C@@H](O)CCC[C@@H](O)CCC[C@@H](O)/C=C/C[C@@H](O)CO)[C@@H](O)[C@@H](O)[C@@H]1O)[C@H](O)[C@H](O)[C@@H]1C[C@H](O)[C@H](O)[C@@H]([C@H](O)[C@H](O)/C=C/CCCCCCCC/C=C/C=C/Cl)O1. The van der Waals surface area contributed by atoms with E-state index in [1.54, 1.807) is 45.1 Å². The quantitative estimate of drug-likeness (QED) is 0.0227. The van der Waals surface area contributed by atoms with Crippen LogP contribution in [0.2, 0.25) is 0 Å². The summed E-state index contributed by atoms with van der Waals surface area (Å²) in [6.45, 7) is 8.34. The Balaban J connectivity index is 1.79. The Morgan fingerprint density at radius 1 is 0.500 bits per heavy atom. The first kappa shape index (κ1) is 86.1. The molecule has 0 aromatic rings. The zero-order valence-corrected chi connectivity index (χ0v) is 55.2. The van der Waals surface area contributed by atoms with E-state index in [9.17, 15) is 107 Å². The van der Waals surface area contributed by atoms with Crippen LogP contribution in [-0.4, -0.2) is 272 Å². The molecule has 0 spiro atoms. The van der Waals surface area contributed by atoms with E-state index in [-0.39, 0.29) is 76.4 Å².